The van der Waals surface area contributed by atoms with E-state index < -0.39 is 23.7 Å². The lowest BCUT2D eigenvalue weighted by Crippen LogP contribution is -2.44. The lowest BCUT2D eigenvalue weighted by atomic mass is 10.0. The number of nitrogens with one attached hydrogen (secondary N) is 1. The molecule has 18 heavy (non-hydrogen) atoms. The molecule has 0 saturated carbocycles. The van der Waals surface area contributed by atoms with Gasteiger partial charge < -0.3 is 10.4 Å². The zero-order valence-corrected chi connectivity index (χ0v) is 10.5. The fourth-order valence-corrected chi connectivity index (χ4v) is 1.61. The van der Waals surface area contributed by atoms with Crippen LogP contribution in [0.3, 0.4) is 0 Å². The van der Waals surface area contributed by atoms with Crippen molar-refractivity contribution in [2.24, 2.45) is 5.92 Å². The molecule has 1 aromatic carbocycles. The molecule has 0 aliphatic carbocycles. The average molecular weight is 253 g/mol. The minimum atomic E-state index is -1.09. The molecule has 0 aromatic heterocycles. The van der Waals surface area contributed by atoms with E-state index in [-0.39, 0.29) is 11.5 Å². The van der Waals surface area contributed by atoms with Gasteiger partial charge in [0, 0.05) is 5.56 Å². The summed E-state index contributed by atoms with van der Waals surface area (Å²) in [5.41, 5.74) is 0.753. The third-order valence-corrected chi connectivity index (χ3v) is 2.65. The number of carbonyl (C=O) groups excluding carboxylic acids is 1. The monoisotopic (exact) mass is 253 g/mol. The van der Waals surface area contributed by atoms with E-state index in [0.717, 1.165) is 0 Å². The normalized spacial score (nSPS) is 12.3. The summed E-state index contributed by atoms with van der Waals surface area (Å²) in [5, 5.41) is 11.4. The summed E-state index contributed by atoms with van der Waals surface area (Å²) in [7, 11) is 0. The fraction of sp³-hybridized carbons (Fsp3) is 0.385. The Labute approximate surface area is 105 Å². The van der Waals surface area contributed by atoms with Gasteiger partial charge in [0.15, 0.2) is 0 Å². The lowest BCUT2D eigenvalue weighted by molar-refractivity contribution is -0.140. The van der Waals surface area contributed by atoms with Crippen molar-refractivity contribution in [3.05, 3.63) is 35.1 Å². The molecule has 0 heterocycles. The van der Waals surface area contributed by atoms with Crippen molar-refractivity contribution in [2.75, 3.05) is 0 Å². The van der Waals surface area contributed by atoms with Gasteiger partial charge in [-0.2, -0.15) is 0 Å². The summed E-state index contributed by atoms with van der Waals surface area (Å²) in [6.07, 6.45) is 0. The van der Waals surface area contributed by atoms with E-state index in [9.17, 15) is 14.0 Å². The molecular weight excluding hydrogens is 237 g/mol. The van der Waals surface area contributed by atoms with Gasteiger partial charge in [0.25, 0.3) is 5.91 Å². The van der Waals surface area contributed by atoms with Crippen molar-refractivity contribution < 1.29 is 19.1 Å². The summed E-state index contributed by atoms with van der Waals surface area (Å²) in [5.74, 6) is -2.25. The van der Waals surface area contributed by atoms with Crippen LogP contribution in [0.5, 0.6) is 0 Å². The van der Waals surface area contributed by atoms with Crippen LogP contribution in [0.25, 0.3) is 0 Å². The summed E-state index contributed by atoms with van der Waals surface area (Å²) >= 11 is 0. The van der Waals surface area contributed by atoms with E-state index in [1.54, 1.807) is 20.8 Å². The minimum Gasteiger partial charge on any atom is -0.480 e. The quantitative estimate of drug-likeness (QED) is 0.862. The van der Waals surface area contributed by atoms with Crippen LogP contribution in [0, 0.1) is 18.7 Å². The zero-order valence-electron chi connectivity index (χ0n) is 10.5. The van der Waals surface area contributed by atoms with Gasteiger partial charge in [-0.05, 0) is 36.6 Å². The molecule has 0 spiro atoms. The van der Waals surface area contributed by atoms with Gasteiger partial charge in [-0.3, -0.25) is 4.79 Å². The second kappa shape index (κ2) is 5.62. The number of carboxylic acid groups (broad SMARTS) is 1. The number of aliphatic carboxylic acids is 1. The van der Waals surface area contributed by atoms with E-state index in [1.807, 2.05) is 0 Å². The van der Waals surface area contributed by atoms with Crippen molar-refractivity contribution in [1.82, 2.24) is 5.32 Å². The highest BCUT2D eigenvalue weighted by Crippen LogP contribution is 2.11. The van der Waals surface area contributed by atoms with Crippen LogP contribution in [0.4, 0.5) is 4.39 Å². The molecule has 2 N–H and O–H groups in total. The summed E-state index contributed by atoms with van der Waals surface area (Å²) in [6, 6.07) is 2.80. The van der Waals surface area contributed by atoms with Gasteiger partial charge in [-0.1, -0.05) is 13.8 Å². The van der Waals surface area contributed by atoms with Gasteiger partial charge in [-0.25, -0.2) is 9.18 Å². The molecular formula is C13H16FNO3. The molecule has 0 saturated heterocycles. The molecule has 0 aliphatic rings. The highest BCUT2D eigenvalue weighted by molar-refractivity contribution is 5.97. The zero-order chi connectivity index (χ0) is 13.9. The SMILES string of the molecule is Cc1cc(F)ccc1C(=O)N[C@@H](C(=O)O)C(C)C. The molecule has 1 aromatic rings. The predicted molar refractivity (Wildman–Crippen MR) is 64.9 cm³/mol. The maximum atomic E-state index is 12.9. The first-order valence-electron chi connectivity index (χ1n) is 5.62. The number of rotatable bonds is 4. The second-order valence-corrected chi connectivity index (χ2v) is 4.49. The van der Waals surface area contributed by atoms with Crippen LogP contribution in [0.2, 0.25) is 0 Å². The number of hydrogen-bond acceptors (Lipinski definition) is 2. The molecule has 5 heteroatoms. The average Bonchev–Trinajstić information content (AvgIpc) is 2.24. The van der Waals surface area contributed by atoms with E-state index in [1.165, 1.54) is 18.2 Å². The van der Waals surface area contributed by atoms with Crippen molar-refractivity contribution in [2.45, 2.75) is 26.8 Å². The number of halogens is 1. The molecule has 1 rings (SSSR count). The first-order valence-corrected chi connectivity index (χ1v) is 5.62. The van der Waals surface area contributed by atoms with Crippen molar-refractivity contribution in [3.8, 4) is 0 Å². The minimum absolute atomic E-state index is 0.229. The maximum Gasteiger partial charge on any atom is 0.326 e. The number of carboxylic acids is 1. The first kappa shape index (κ1) is 14.2. The van der Waals surface area contributed by atoms with Crippen LogP contribution in [0.1, 0.15) is 29.8 Å². The van der Waals surface area contributed by atoms with Crippen LogP contribution in [-0.2, 0) is 4.79 Å². The van der Waals surface area contributed by atoms with Gasteiger partial charge in [0.05, 0.1) is 0 Å². The first-order chi connectivity index (χ1) is 8.32. The molecule has 0 fully saturated rings. The molecule has 98 valence electrons. The Kier molecular flexibility index (Phi) is 4.42. The van der Waals surface area contributed by atoms with Crippen LogP contribution >= 0.6 is 0 Å². The Bertz CT molecular complexity index is 471. The number of benzene rings is 1. The number of hydrogen-bond donors (Lipinski definition) is 2. The maximum absolute atomic E-state index is 12.9. The van der Waals surface area contributed by atoms with E-state index in [0.29, 0.717) is 5.56 Å². The highest BCUT2D eigenvalue weighted by atomic mass is 19.1. The summed E-state index contributed by atoms with van der Waals surface area (Å²) in [4.78, 5) is 22.9. The fourth-order valence-electron chi connectivity index (χ4n) is 1.61. The smallest absolute Gasteiger partial charge is 0.326 e. The predicted octanol–water partition coefficient (Wildman–Crippen LogP) is 1.97. The van der Waals surface area contributed by atoms with Crippen molar-refractivity contribution in [1.29, 1.82) is 0 Å². The molecule has 1 amide bonds. The van der Waals surface area contributed by atoms with Gasteiger partial charge in [-0.15, -0.1) is 0 Å². The Hall–Kier alpha value is -1.91. The van der Waals surface area contributed by atoms with Crippen LogP contribution in [-0.4, -0.2) is 23.0 Å². The van der Waals surface area contributed by atoms with Crippen molar-refractivity contribution >= 4 is 11.9 Å². The van der Waals surface area contributed by atoms with Gasteiger partial charge in [0.2, 0.25) is 0 Å². The number of carbonyl (C=O) groups is 2. The third kappa shape index (κ3) is 3.29. The van der Waals surface area contributed by atoms with E-state index in [2.05, 4.69) is 5.32 Å². The van der Waals surface area contributed by atoms with E-state index in [4.69, 9.17) is 5.11 Å². The van der Waals surface area contributed by atoms with E-state index >= 15 is 0 Å². The number of amides is 1. The van der Waals surface area contributed by atoms with Gasteiger partial charge >= 0.3 is 5.97 Å². The number of aryl methyl sites for hydroxylation is 1. The Morgan fingerprint density at radius 3 is 2.39 bits per heavy atom. The standard InChI is InChI=1S/C13H16FNO3/c1-7(2)11(13(17)18)15-12(16)10-5-4-9(14)6-8(10)3/h4-7,11H,1-3H3,(H,15,16)(H,17,18)/t11-/m1/s1. The van der Waals surface area contributed by atoms with Crippen molar-refractivity contribution in [3.63, 3.8) is 0 Å². The molecule has 0 unspecified atom stereocenters. The third-order valence-electron chi connectivity index (χ3n) is 2.65. The van der Waals surface area contributed by atoms with Crippen LogP contribution < -0.4 is 5.32 Å². The topological polar surface area (TPSA) is 66.4 Å². The Balaban J connectivity index is 2.91. The van der Waals surface area contributed by atoms with Crippen LogP contribution in [0.15, 0.2) is 18.2 Å². The summed E-state index contributed by atoms with van der Waals surface area (Å²) < 4.78 is 12.9. The molecule has 0 bridgehead atoms. The highest BCUT2D eigenvalue weighted by Gasteiger charge is 2.24. The largest absolute Gasteiger partial charge is 0.480 e. The molecule has 1 atom stereocenters. The second-order valence-electron chi connectivity index (χ2n) is 4.49. The molecule has 4 nitrogen and oxygen atoms in total. The molecule has 0 aliphatic heterocycles. The lowest BCUT2D eigenvalue weighted by Gasteiger charge is -2.18. The molecule has 0 radical (unpaired) electrons. The summed E-state index contributed by atoms with van der Waals surface area (Å²) in [6.45, 7) is 5.01. The Morgan fingerprint density at radius 1 is 1.33 bits per heavy atom. The Morgan fingerprint density at radius 2 is 1.94 bits per heavy atom. The van der Waals surface area contributed by atoms with Gasteiger partial charge in [0.1, 0.15) is 11.9 Å².